The molecule has 0 saturated carbocycles. The van der Waals surface area contributed by atoms with Crippen molar-refractivity contribution in [3.63, 3.8) is 0 Å². The Morgan fingerprint density at radius 2 is 1.85 bits per heavy atom. The monoisotopic (exact) mass is 376 g/mol. The summed E-state index contributed by atoms with van der Waals surface area (Å²) in [7, 11) is -4.04. The van der Waals surface area contributed by atoms with Gasteiger partial charge in [-0.2, -0.15) is 0 Å². The van der Waals surface area contributed by atoms with Gasteiger partial charge in [-0.25, -0.2) is 13.6 Å². The van der Waals surface area contributed by atoms with Crippen LogP contribution in [-0.2, 0) is 14.8 Å². The summed E-state index contributed by atoms with van der Waals surface area (Å²) in [6, 6.07) is 10.3. The Kier molecular flexibility index (Phi) is 4.62. The number of carbonyl (C=O) groups excluding carboxylic acids is 1. The van der Waals surface area contributed by atoms with E-state index in [1.807, 2.05) is 0 Å². The Bertz CT molecular complexity index is 973. The summed E-state index contributed by atoms with van der Waals surface area (Å²) in [5, 5.41) is 19.1. The van der Waals surface area contributed by atoms with Crippen molar-refractivity contribution in [3.8, 4) is 0 Å². The van der Waals surface area contributed by atoms with Crippen LogP contribution in [0.4, 0.5) is 22.7 Å². The SMILES string of the molecule is NS(=O)(=O)c1ccc(Nc2ccc(N3CCCC3=O)cc2)c([N+](=O)[O-])c1. The maximum absolute atomic E-state index is 11.8. The highest BCUT2D eigenvalue weighted by molar-refractivity contribution is 7.89. The summed E-state index contributed by atoms with van der Waals surface area (Å²) in [5.74, 6) is 0.0694. The molecule has 1 heterocycles. The molecule has 0 atom stereocenters. The highest BCUT2D eigenvalue weighted by Gasteiger charge is 2.22. The van der Waals surface area contributed by atoms with Crippen LogP contribution in [0.15, 0.2) is 47.4 Å². The zero-order valence-electron chi connectivity index (χ0n) is 13.6. The van der Waals surface area contributed by atoms with Gasteiger partial charge in [0.05, 0.1) is 9.82 Å². The molecule has 0 aliphatic carbocycles. The molecule has 3 rings (SSSR count). The molecule has 1 fully saturated rings. The Balaban J connectivity index is 1.86. The van der Waals surface area contributed by atoms with Gasteiger partial charge in [0, 0.05) is 30.4 Å². The molecule has 1 aliphatic heterocycles. The molecule has 1 aliphatic rings. The summed E-state index contributed by atoms with van der Waals surface area (Å²) in [6.45, 7) is 0.673. The lowest BCUT2D eigenvalue weighted by Crippen LogP contribution is -2.23. The fourth-order valence-electron chi connectivity index (χ4n) is 2.75. The molecule has 2 aromatic rings. The van der Waals surface area contributed by atoms with E-state index >= 15 is 0 Å². The summed E-state index contributed by atoms with van der Waals surface area (Å²) in [6.07, 6.45) is 1.35. The van der Waals surface area contributed by atoms with Gasteiger partial charge in [0.15, 0.2) is 0 Å². The van der Waals surface area contributed by atoms with Crippen LogP contribution < -0.4 is 15.4 Å². The lowest BCUT2D eigenvalue weighted by molar-refractivity contribution is -0.384. The van der Waals surface area contributed by atoms with Crippen LogP contribution in [0, 0.1) is 10.1 Å². The summed E-state index contributed by atoms with van der Waals surface area (Å²) in [5.41, 5.74) is 1.05. The molecular formula is C16H16N4O5S. The van der Waals surface area contributed by atoms with Crippen LogP contribution in [0.25, 0.3) is 0 Å². The zero-order chi connectivity index (χ0) is 18.9. The summed E-state index contributed by atoms with van der Waals surface area (Å²) < 4.78 is 22.7. The van der Waals surface area contributed by atoms with E-state index in [9.17, 15) is 23.3 Å². The quantitative estimate of drug-likeness (QED) is 0.606. The molecule has 3 N–H and O–H groups in total. The van der Waals surface area contributed by atoms with E-state index in [2.05, 4.69) is 5.32 Å². The maximum Gasteiger partial charge on any atom is 0.294 e. The lowest BCUT2D eigenvalue weighted by Gasteiger charge is -2.16. The fraction of sp³-hybridized carbons (Fsp3) is 0.188. The van der Waals surface area contributed by atoms with Crippen molar-refractivity contribution in [2.45, 2.75) is 17.7 Å². The molecule has 1 amide bonds. The van der Waals surface area contributed by atoms with Gasteiger partial charge in [0.1, 0.15) is 5.69 Å². The minimum Gasteiger partial charge on any atom is -0.350 e. The topological polar surface area (TPSA) is 136 Å². The van der Waals surface area contributed by atoms with Crippen LogP contribution in [0.1, 0.15) is 12.8 Å². The van der Waals surface area contributed by atoms with Crippen molar-refractivity contribution >= 4 is 38.7 Å². The zero-order valence-corrected chi connectivity index (χ0v) is 14.4. The number of amides is 1. The number of primary sulfonamides is 1. The third-order valence-electron chi connectivity index (χ3n) is 4.03. The number of nitro groups is 1. The number of nitrogens with zero attached hydrogens (tertiary/aromatic N) is 2. The van der Waals surface area contributed by atoms with E-state index in [1.54, 1.807) is 29.2 Å². The van der Waals surface area contributed by atoms with Crippen LogP contribution in [0.2, 0.25) is 0 Å². The molecule has 26 heavy (non-hydrogen) atoms. The molecule has 0 unspecified atom stereocenters. The average Bonchev–Trinajstić information content (AvgIpc) is 3.01. The van der Waals surface area contributed by atoms with E-state index in [0.29, 0.717) is 18.7 Å². The second-order valence-electron chi connectivity index (χ2n) is 5.80. The van der Waals surface area contributed by atoms with Crippen LogP contribution in [0.3, 0.4) is 0 Å². The standard InChI is InChI=1S/C16H16N4O5S/c17-26(24,25)13-7-8-14(15(10-13)20(22)23)18-11-3-5-12(6-4-11)19-9-1-2-16(19)21/h3-8,10,18H,1-2,9H2,(H2,17,24,25). The van der Waals surface area contributed by atoms with E-state index in [0.717, 1.165) is 18.2 Å². The van der Waals surface area contributed by atoms with Crippen molar-refractivity contribution in [3.05, 3.63) is 52.6 Å². The van der Waals surface area contributed by atoms with Gasteiger partial charge in [0.2, 0.25) is 15.9 Å². The number of nitro benzene ring substituents is 1. The molecular weight excluding hydrogens is 360 g/mol. The smallest absolute Gasteiger partial charge is 0.294 e. The van der Waals surface area contributed by atoms with Gasteiger partial charge in [-0.15, -0.1) is 0 Å². The number of anilines is 3. The van der Waals surface area contributed by atoms with Crippen molar-refractivity contribution in [2.75, 3.05) is 16.8 Å². The number of sulfonamides is 1. The Morgan fingerprint density at radius 3 is 2.38 bits per heavy atom. The first-order valence-corrected chi connectivity index (χ1v) is 9.29. The van der Waals surface area contributed by atoms with E-state index in [1.165, 1.54) is 12.1 Å². The minimum atomic E-state index is -4.04. The first-order chi connectivity index (χ1) is 12.3. The van der Waals surface area contributed by atoms with E-state index in [-0.39, 0.29) is 16.5 Å². The predicted molar refractivity (Wildman–Crippen MR) is 95.8 cm³/mol. The highest BCUT2D eigenvalue weighted by Crippen LogP contribution is 2.31. The van der Waals surface area contributed by atoms with E-state index in [4.69, 9.17) is 5.14 Å². The summed E-state index contributed by atoms with van der Waals surface area (Å²) >= 11 is 0. The average molecular weight is 376 g/mol. The molecule has 9 nitrogen and oxygen atoms in total. The molecule has 2 aromatic carbocycles. The fourth-order valence-corrected chi connectivity index (χ4v) is 3.28. The molecule has 136 valence electrons. The van der Waals surface area contributed by atoms with Gasteiger partial charge in [-0.1, -0.05) is 0 Å². The van der Waals surface area contributed by atoms with Crippen molar-refractivity contribution < 1.29 is 18.1 Å². The van der Waals surface area contributed by atoms with Crippen LogP contribution in [0.5, 0.6) is 0 Å². The number of hydrogen-bond acceptors (Lipinski definition) is 6. The Labute approximate surface area is 149 Å². The highest BCUT2D eigenvalue weighted by atomic mass is 32.2. The number of nitrogens with one attached hydrogen (secondary N) is 1. The third kappa shape index (κ3) is 3.65. The van der Waals surface area contributed by atoms with Gasteiger partial charge in [-0.05, 0) is 42.8 Å². The molecule has 0 bridgehead atoms. The predicted octanol–water partition coefficient (Wildman–Crippen LogP) is 2.11. The second-order valence-corrected chi connectivity index (χ2v) is 7.36. The number of rotatable bonds is 5. The van der Waals surface area contributed by atoms with Crippen LogP contribution in [-0.4, -0.2) is 25.8 Å². The molecule has 0 spiro atoms. The second kappa shape index (κ2) is 6.73. The van der Waals surface area contributed by atoms with Gasteiger partial charge < -0.3 is 10.2 Å². The maximum atomic E-state index is 11.8. The molecule has 0 aromatic heterocycles. The van der Waals surface area contributed by atoms with Crippen LogP contribution >= 0.6 is 0 Å². The van der Waals surface area contributed by atoms with Gasteiger partial charge in [-0.3, -0.25) is 14.9 Å². The van der Waals surface area contributed by atoms with Crippen molar-refractivity contribution in [2.24, 2.45) is 5.14 Å². The van der Waals surface area contributed by atoms with Crippen molar-refractivity contribution in [1.29, 1.82) is 0 Å². The Hall–Kier alpha value is -2.98. The number of carbonyl (C=O) groups is 1. The van der Waals surface area contributed by atoms with E-state index < -0.39 is 20.6 Å². The van der Waals surface area contributed by atoms with Gasteiger partial charge >= 0.3 is 0 Å². The number of nitrogens with two attached hydrogens (primary N) is 1. The Morgan fingerprint density at radius 1 is 1.15 bits per heavy atom. The molecule has 1 saturated heterocycles. The molecule has 10 heteroatoms. The largest absolute Gasteiger partial charge is 0.350 e. The normalized spacial score (nSPS) is 14.5. The first kappa shape index (κ1) is 17.8. The third-order valence-corrected chi connectivity index (χ3v) is 4.94. The van der Waals surface area contributed by atoms with Gasteiger partial charge in [0.25, 0.3) is 5.69 Å². The number of benzene rings is 2. The summed E-state index contributed by atoms with van der Waals surface area (Å²) in [4.78, 5) is 23.7. The lowest BCUT2D eigenvalue weighted by atomic mass is 10.2. The number of hydrogen-bond donors (Lipinski definition) is 2. The first-order valence-electron chi connectivity index (χ1n) is 7.74. The molecule has 0 radical (unpaired) electrons. The minimum absolute atomic E-state index is 0.0694. The van der Waals surface area contributed by atoms with Crippen molar-refractivity contribution in [1.82, 2.24) is 0 Å².